The molecule has 0 aliphatic heterocycles. The Balaban J connectivity index is 2.16. The van der Waals surface area contributed by atoms with Gasteiger partial charge in [-0.2, -0.15) is 0 Å². The summed E-state index contributed by atoms with van der Waals surface area (Å²) in [5, 5.41) is 8.75. The summed E-state index contributed by atoms with van der Waals surface area (Å²) in [4.78, 5) is 0.207. The first-order chi connectivity index (χ1) is 10.0. The van der Waals surface area contributed by atoms with Crippen LogP contribution in [-0.2, 0) is 10.0 Å². The molecule has 1 saturated carbocycles. The van der Waals surface area contributed by atoms with Crippen LogP contribution in [0.25, 0.3) is 0 Å². The maximum absolute atomic E-state index is 12.5. The Morgan fingerprint density at radius 1 is 1.38 bits per heavy atom. The van der Waals surface area contributed by atoms with E-state index in [9.17, 15) is 8.42 Å². The van der Waals surface area contributed by atoms with Gasteiger partial charge < -0.3 is 5.11 Å². The second-order valence-electron chi connectivity index (χ2n) is 5.47. The van der Waals surface area contributed by atoms with Gasteiger partial charge in [0.25, 0.3) is 0 Å². The van der Waals surface area contributed by atoms with Gasteiger partial charge in [0.2, 0.25) is 10.0 Å². The van der Waals surface area contributed by atoms with Crippen LogP contribution in [0, 0.1) is 17.8 Å². The fraction of sp³-hybridized carbons (Fsp3) is 0.500. The van der Waals surface area contributed by atoms with E-state index in [1.165, 1.54) is 12.8 Å². The number of nitrogens with one attached hydrogen (secondary N) is 1. The molecule has 1 fully saturated rings. The van der Waals surface area contributed by atoms with Crippen LogP contribution in [0.4, 0.5) is 0 Å². The molecule has 1 unspecified atom stereocenters. The maximum Gasteiger partial charge on any atom is 0.242 e. The summed E-state index contributed by atoms with van der Waals surface area (Å²) in [6.07, 6.45) is 3.63. The first kappa shape index (κ1) is 16.0. The van der Waals surface area contributed by atoms with Crippen molar-refractivity contribution >= 4 is 10.0 Å². The van der Waals surface area contributed by atoms with Gasteiger partial charge in [-0.3, -0.25) is 0 Å². The van der Waals surface area contributed by atoms with E-state index in [-0.39, 0.29) is 17.5 Å². The Kier molecular flexibility index (Phi) is 5.40. The third kappa shape index (κ3) is 4.85. The standard InChI is InChI=1S/C16H21NO3S/c1-13(12-14-9-10-14)17-21(19,20)16-8-3-2-6-15(16)7-4-5-11-18/h2-3,6,8,13-14,17-18H,5,9-12H2,1H3. The van der Waals surface area contributed by atoms with E-state index < -0.39 is 10.0 Å². The fourth-order valence-electron chi connectivity index (χ4n) is 2.25. The summed E-state index contributed by atoms with van der Waals surface area (Å²) in [5.41, 5.74) is 0.470. The van der Waals surface area contributed by atoms with Crippen LogP contribution in [0.3, 0.4) is 0 Å². The summed E-state index contributed by atoms with van der Waals surface area (Å²) in [6.45, 7) is 1.87. The second-order valence-corrected chi connectivity index (χ2v) is 7.16. The van der Waals surface area contributed by atoms with Crippen LogP contribution in [0.1, 0.15) is 38.2 Å². The molecule has 0 bridgehead atoms. The summed E-state index contributed by atoms with van der Waals surface area (Å²) >= 11 is 0. The third-order valence-electron chi connectivity index (χ3n) is 3.38. The first-order valence-corrected chi connectivity index (χ1v) is 8.72. The predicted octanol–water partition coefficient (Wildman–Crippen LogP) is 1.89. The van der Waals surface area contributed by atoms with Crippen molar-refractivity contribution in [2.24, 2.45) is 5.92 Å². The number of sulfonamides is 1. The highest BCUT2D eigenvalue weighted by Crippen LogP contribution is 2.33. The van der Waals surface area contributed by atoms with Gasteiger partial charge in [-0.1, -0.05) is 36.8 Å². The molecule has 1 aromatic rings. The van der Waals surface area contributed by atoms with Gasteiger partial charge in [0.15, 0.2) is 0 Å². The lowest BCUT2D eigenvalue weighted by molar-refractivity contribution is 0.305. The van der Waals surface area contributed by atoms with Crippen LogP contribution in [0.2, 0.25) is 0 Å². The van der Waals surface area contributed by atoms with E-state index in [4.69, 9.17) is 5.11 Å². The molecule has 0 spiro atoms. The van der Waals surface area contributed by atoms with Crippen LogP contribution in [0.15, 0.2) is 29.2 Å². The highest BCUT2D eigenvalue weighted by molar-refractivity contribution is 7.89. The molecular weight excluding hydrogens is 286 g/mol. The number of aliphatic hydroxyl groups excluding tert-OH is 1. The average molecular weight is 307 g/mol. The van der Waals surface area contributed by atoms with Crippen molar-refractivity contribution in [1.82, 2.24) is 4.72 Å². The molecule has 1 aliphatic rings. The van der Waals surface area contributed by atoms with E-state index in [1.807, 2.05) is 6.92 Å². The number of aliphatic hydroxyl groups is 1. The van der Waals surface area contributed by atoms with E-state index in [0.717, 1.165) is 6.42 Å². The third-order valence-corrected chi connectivity index (χ3v) is 5.02. The van der Waals surface area contributed by atoms with E-state index >= 15 is 0 Å². The molecule has 1 aromatic carbocycles. The van der Waals surface area contributed by atoms with Crippen molar-refractivity contribution in [2.45, 2.75) is 43.5 Å². The van der Waals surface area contributed by atoms with E-state index in [0.29, 0.717) is 17.9 Å². The minimum atomic E-state index is -3.56. The van der Waals surface area contributed by atoms with Crippen molar-refractivity contribution in [3.63, 3.8) is 0 Å². The normalized spacial score (nSPS) is 16.1. The lowest BCUT2D eigenvalue weighted by atomic mass is 10.2. The number of benzene rings is 1. The smallest absolute Gasteiger partial charge is 0.242 e. The van der Waals surface area contributed by atoms with Gasteiger partial charge in [0.1, 0.15) is 0 Å². The van der Waals surface area contributed by atoms with Crippen LogP contribution < -0.4 is 4.72 Å². The SMILES string of the molecule is CC(CC1CC1)NS(=O)(=O)c1ccccc1C#CCCO. The summed E-state index contributed by atoms with van der Waals surface area (Å²) < 4.78 is 27.7. The van der Waals surface area contributed by atoms with Crippen LogP contribution >= 0.6 is 0 Å². The molecule has 1 atom stereocenters. The average Bonchev–Trinajstić information content (AvgIpc) is 3.22. The Hall–Kier alpha value is -1.35. The van der Waals surface area contributed by atoms with Crippen molar-refractivity contribution in [3.05, 3.63) is 29.8 Å². The van der Waals surface area contributed by atoms with Gasteiger partial charge in [0.05, 0.1) is 11.5 Å². The highest BCUT2D eigenvalue weighted by atomic mass is 32.2. The largest absolute Gasteiger partial charge is 0.395 e. The highest BCUT2D eigenvalue weighted by Gasteiger charge is 2.26. The summed E-state index contributed by atoms with van der Waals surface area (Å²) in [7, 11) is -3.56. The minimum Gasteiger partial charge on any atom is -0.395 e. The fourth-order valence-corrected chi connectivity index (χ4v) is 3.67. The molecule has 0 saturated heterocycles. The molecule has 0 aromatic heterocycles. The Morgan fingerprint density at radius 3 is 2.76 bits per heavy atom. The van der Waals surface area contributed by atoms with Gasteiger partial charge in [-0.25, -0.2) is 13.1 Å². The van der Waals surface area contributed by atoms with Crippen molar-refractivity contribution in [3.8, 4) is 11.8 Å². The first-order valence-electron chi connectivity index (χ1n) is 7.24. The zero-order chi connectivity index (χ0) is 15.3. The number of hydrogen-bond donors (Lipinski definition) is 2. The quantitative estimate of drug-likeness (QED) is 0.789. The molecule has 4 nitrogen and oxygen atoms in total. The van der Waals surface area contributed by atoms with E-state index in [2.05, 4.69) is 16.6 Å². The maximum atomic E-state index is 12.5. The summed E-state index contributed by atoms with van der Waals surface area (Å²) in [6, 6.07) is 6.63. The van der Waals surface area contributed by atoms with Crippen molar-refractivity contribution in [1.29, 1.82) is 0 Å². The zero-order valence-electron chi connectivity index (χ0n) is 12.2. The Bertz CT molecular complexity index is 639. The van der Waals surface area contributed by atoms with Gasteiger partial charge in [-0.15, -0.1) is 0 Å². The second kappa shape index (κ2) is 7.08. The molecular formula is C16H21NO3S. The monoisotopic (exact) mass is 307 g/mol. The molecule has 1 aliphatic carbocycles. The molecule has 0 heterocycles. The van der Waals surface area contributed by atoms with Crippen molar-refractivity contribution < 1.29 is 13.5 Å². The molecule has 2 N–H and O–H groups in total. The molecule has 0 radical (unpaired) electrons. The van der Waals surface area contributed by atoms with Gasteiger partial charge >= 0.3 is 0 Å². The summed E-state index contributed by atoms with van der Waals surface area (Å²) in [5.74, 6) is 6.25. The lowest BCUT2D eigenvalue weighted by Crippen LogP contribution is -2.33. The Labute approximate surface area is 126 Å². The predicted molar refractivity (Wildman–Crippen MR) is 82.1 cm³/mol. The molecule has 21 heavy (non-hydrogen) atoms. The van der Waals surface area contributed by atoms with Crippen molar-refractivity contribution in [2.75, 3.05) is 6.61 Å². The van der Waals surface area contributed by atoms with Crippen LogP contribution in [0.5, 0.6) is 0 Å². The minimum absolute atomic E-state index is 0.0292. The van der Waals surface area contributed by atoms with E-state index in [1.54, 1.807) is 24.3 Å². The lowest BCUT2D eigenvalue weighted by Gasteiger charge is -2.14. The number of hydrogen-bond acceptors (Lipinski definition) is 3. The van der Waals surface area contributed by atoms with Gasteiger partial charge in [-0.05, 0) is 31.4 Å². The van der Waals surface area contributed by atoms with Gasteiger partial charge in [0, 0.05) is 18.0 Å². The molecule has 0 amide bonds. The Morgan fingerprint density at radius 2 is 2.10 bits per heavy atom. The van der Waals surface area contributed by atoms with Crippen LogP contribution in [-0.4, -0.2) is 26.2 Å². The molecule has 5 heteroatoms. The zero-order valence-corrected chi connectivity index (χ0v) is 13.0. The number of rotatable bonds is 6. The topological polar surface area (TPSA) is 66.4 Å². The molecule has 114 valence electrons. The molecule has 2 rings (SSSR count).